The fourth-order valence-electron chi connectivity index (χ4n) is 1.64. The van der Waals surface area contributed by atoms with Crippen LogP contribution >= 0.6 is 12.2 Å². The predicted octanol–water partition coefficient (Wildman–Crippen LogP) is 0.797. The number of nitrogens with two attached hydrogens (primary N) is 1. The molecule has 0 saturated carbocycles. The van der Waals surface area contributed by atoms with Crippen molar-refractivity contribution in [2.75, 3.05) is 26.0 Å². The summed E-state index contributed by atoms with van der Waals surface area (Å²) >= 11 is 4.86. The van der Waals surface area contributed by atoms with Crippen LogP contribution < -0.4 is 5.73 Å². The third kappa shape index (κ3) is 4.74. The molecule has 118 valence electrons. The Kier molecular flexibility index (Phi) is 5.86. The molecule has 1 aromatic rings. The van der Waals surface area contributed by atoms with E-state index in [1.807, 2.05) is 18.7 Å². The largest absolute Gasteiger partial charge is 0.394 e. The van der Waals surface area contributed by atoms with E-state index in [2.05, 4.69) is 0 Å². The van der Waals surface area contributed by atoms with E-state index in [0.29, 0.717) is 12.1 Å². The molecular weight excluding hydrogens is 308 g/mol. The standard InChI is InChI=1S/C14H22N2O3S2/c1-14(2,10-17)16(3)7-8-21(18,19)12-6-4-5-11(9-12)13(15)20/h4-6,9,17H,7-8,10H2,1-3H3,(H2,15,20). The van der Waals surface area contributed by atoms with Crippen molar-refractivity contribution in [2.45, 2.75) is 24.3 Å². The van der Waals surface area contributed by atoms with Crippen LogP contribution in [0.15, 0.2) is 29.2 Å². The van der Waals surface area contributed by atoms with Crippen LogP contribution in [0.3, 0.4) is 0 Å². The lowest BCUT2D eigenvalue weighted by atomic mass is 10.1. The van der Waals surface area contributed by atoms with Gasteiger partial charge in [0.1, 0.15) is 4.99 Å². The topological polar surface area (TPSA) is 83.6 Å². The number of aliphatic hydroxyl groups is 1. The highest BCUT2D eigenvalue weighted by atomic mass is 32.2. The van der Waals surface area contributed by atoms with Crippen molar-refractivity contribution in [3.8, 4) is 0 Å². The summed E-state index contributed by atoms with van der Waals surface area (Å²) in [6.07, 6.45) is 0. The Bertz CT molecular complexity index is 612. The second-order valence-electron chi connectivity index (χ2n) is 5.60. The zero-order valence-corrected chi connectivity index (χ0v) is 14.2. The maximum absolute atomic E-state index is 12.4. The number of sulfone groups is 1. The molecule has 0 aliphatic rings. The van der Waals surface area contributed by atoms with E-state index in [1.165, 1.54) is 12.1 Å². The fraction of sp³-hybridized carbons (Fsp3) is 0.500. The minimum absolute atomic E-state index is 0.0340. The van der Waals surface area contributed by atoms with Gasteiger partial charge in [-0.3, -0.25) is 4.90 Å². The van der Waals surface area contributed by atoms with Crippen LogP contribution in [-0.2, 0) is 9.84 Å². The average molecular weight is 330 g/mol. The van der Waals surface area contributed by atoms with Gasteiger partial charge in [0.15, 0.2) is 9.84 Å². The van der Waals surface area contributed by atoms with Gasteiger partial charge in [0.25, 0.3) is 0 Å². The zero-order chi connectivity index (χ0) is 16.3. The number of hydrogen-bond acceptors (Lipinski definition) is 5. The number of nitrogens with zero attached hydrogens (tertiary/aromatic N) is 1. The second-order valence-corrected chi connectivity index (χ2v) is 8.15. The molecule has 0 aromatic heterocycles. The van der Waals surface area contributed by atoms with Crippen LogP contribution in [0.1, 0.15) is 19.4 Å². The number of hydrogen-bond donors (Lipinski definition) is 2. The van der Waals surface area contributed by atoms with Crippen LogP contribution in [0.25, 0.3) is 0 Å². The minimum atomic E-state index is -3.42. The molecule has 1 aromatic carbocycles. The zero-order valence-electron chi connectivity index (χ0n) is 12.5. The van der Waals surface area contributed by atoms with Crippen molar-refractivity contribution < 1.29 is 13.5 Å². The van der Waals surface area contributed by atoms with Crippen LogP contribution in [0.2, 0.25) is 0 Å². The van der Waals surface area contributed by atoms with Crippen molar-refractivity contribution >= 4 is 27.0 Å². The molecule has 1 rings (SSSR count). The highest BCUT2D eigenvalue weighted by Crippen LogP contribution is 2.16. The number of rotatable bonds is 7. The van der Waals surface area contributed by atoms with Crippen molar-refractivity contribution in [1.82, 2.24) is 4.90 Å². The molecule has 0 unspecified atom stereocenters. The van der Waals surface area contributed by atoms with E-state index in [-0.39, 0.29) is 22.2 Å². The quantitative estimate of drug-likeness (QED) is 0.720. The Morgan fingerprint density at radius 3 is 2.57 bits per heavy atom. The maximum atomic E-state index is 12.4. The van der Waals surface area contributed by atoms with E-state index in [1.54, 1.807) is 19.2 Å². The van der Waals surface area contributed by atoms with E-state index >= 15 is 0 Å². The predicted molar refractivity (Wildman–Crippen MR) is 88.2 cm³/mol. The Balaban J connectivity index is 2.88. The molecule has 0 atom stereocenters. The molecule has 7 heteroatoms. The number of aliphatic hydroxyl groups excluding tert-OH is 1. The van der Waals surface area contributed by atoms with Gasteiger partial charge in [-0.15, -0.1) is 0 Å². The first kappa shape index (κ1) is 18.0. The molecular formula is C14H22N2O3S2. The number of thiocarbonyl (C=S) groups is 1. The first-order chi connectivity index (χ1) is 9.60. The molecule has 0 amide bonds. The van der Waals surface area contributed by atoms with E-state index in [4.69, 9.17) is 18.0 Å². The van der Waals surface area contributed by atoms with Gasteiger partial charge in [-0.25, -0.2) is 8.42 Å². The molecule has 0 aliphatic carbocycles. The van der Waals surface area contributed by atoms with Gasteiger partial charge >= 0.3 is 0 Å². The van der Waals surface area contributed by atoms with Gasteiger partial charge in [-0.1, -0.05) is 24.4 Å². The number of likely N-dealkylation sites (N-methyl/N-ethyl adjacent to an activating group) is 1. The molecule has 0 heterocycles. The summed E-state index contributed by atoms with van der Waals surface area (Å²) in [6, 6.07) is 6.34. The lowest BCUT2D eigenvalue weighted by molar-refractivity contribution is 0.0841. The van der Waals surface area contributed by atoms with Crippen molar-refractivity contribution in [2.24, 2.45) is 5.73 Å². The normalized spacial score (nSPS) is 12.6. The third-order valence-electron chi connectivity index (χ3n) is 3.59. The van der Waals surface area contributed by atoms with Crippen LogP contribution in [0.5, 0.6) is 0 Å². The Morgan fingerprint density at radius 1 is 1.43 bits per heavy atom. The molecule has 0 saturated heterocycles. The molecule has 0 aliphatic heterocycles. The van der Waals surface area contributed by atoms with Crippen LogP contribution in [0.4, 0.5) is 0 Å². The van der Waals surface area contributed by atoms with Gasteiger partial charge in [0.05, 0.1) is 17.3 Å². The van der Waals surface area contributed by atoms with Gasteiger partial charge in [0, 0.05) is 17.6 Å². The summed E-state index contributed by atoms with van der Waals surface area (Å²) in [5.41, 5.74) is 5.60. The van der Waals surface area contributed by atoms with Gasteiger partial charge in [-0.2, -0.15) is 0 Å². The SMILES string of the molecule is CN(CCS(=O)(=O)c1cccc(C(N)=S)c1)C(C)(C)CO. The van der Waals surface area contributed by atoms with E-state index in [9.17, 15) is 13.5 Å². The van der Waals surface area contributed by atoms with Gasteiger partial charge in [-0.05, 0) is 33.0 Å². The van der Waals surface area contributed by atoms with Crippen molar-refractivity contribution in [3.63, 3.8) is 0 Å². The van der Waals surface area contributed by atoms with Crippen LogP contribution in [0, 0.1) is 0 Å². The first-order valence-electron chi connectivity index (χ1n) is 6.55. The molecule has 0 radical (unpaired) electrons. The molecule has 5 nitrogen and oxygen atoms in total. The third-order valence-corrected chi connectivity index (χ3v) is 5.52. The fourth-order valence-corrected chi connectivity index (χ4v) is 3.11. The van der Waals surface area contributed by atoms with E-state index in [0.717, 1.165) is 0 Å². The van der Waals surface area contributed by atoms with E-state index < -0.39 is 15.4 Å². The Labute approximate surface area is 131 Å². The van der Waals surface area contributed by atoms with Gasteiger partial charge < -0.3 is 10.8 Å². The van der Waals surface area contributed by atoms with Crippen molar-refractivity contribution in [3.05, 3.63) is 29.8 Å². The molecule has 0 spiro atoms. The first-order valence-corrected chi connectivity index (χ1v) is 8.61. The summed E-state index contributed by atoms with van der Waals surface area (Å²) in [7, 11) is -1.63. The average Bonchev–Trinajstić information content (AvgIpc) is 2.44. The lowest BCUT2D eigenvalue weighted by Gasteiger charge is -2.33. The second kappa shape index (κ2) is 6.83. The van der Waals surface area contributed by atoms with Crippen LogP contribution in [-0.4, -0.2) is 54.9 Å². The van der Waals surface area contributed by atoms with Crippen molar-refractivity contribution in [1.29, 1.82) is 0 Å². The molecule has 0 fully saturated rings. The maximum Gasteiger partial charge on any atom is 0.179 e. The molecule has 0 bridgehead atoms. The summed E-state index contributed by atoms with van der Waals surface area (Å²) in [6.45, 7) is 3.99. The summed E-state index contributed by atoms with van der Waals surface area (Å²) < 4.78 is 24.7. The highest BCUT2D eigenvalue weighted by Gasteiger charge is 2.24. The molecule has 21 heavy (non-hydrogen) atoms. The highest BCUT2D eigenvalue weighted by molar-refractivity contribution is 7.91. The minimum Gasteiger partial charge on any atom is -0.394 e. The monoisotopic (exact) mass is 330 g/mol. The Hall–Kier alpha value is -1.02. The number of benzene rings is 1. The Morgan fingerprint density at radius 2 is 2.05 bits per heavy atom. The summed E-state index contributed by atoms with van der Waals surface area (Å²) in [5.74, 6) is -0.0340. The summed E-state index contributed by atoms with van der Waals surface area (Å²) in [5, 5.41) is 9.29. The van der Waals surface area contributed by atoms with Gasteiger partial charge in [0.2, 0.25) is 0 Å². The summed E-state index contributed by atoms with van der Waals surface area (Å²) in [4.78, 5) is 2.20. The molecule has 3 N–H and O–H groups in total. The lowest BCUT2D eigenvalue weighted by Crippen LogP contribution is -2.46. The smallest absolute Gasteiger partial charge is 0.179 e.